The quantitative estimate of drug-likeness (QED) is 0.600. The van der Waals surface area contributed by atoms with E-state index in [1.807, 2.05) is 13.8 Å². The summed E-state index contributed by atoms with van der Waals surface area (Å²) < 4.78 is 0. The minimum Gasteiger partial charge on any atom is -0.389 e. The maximum Gasteiger partial charge on any atom is 0.234 e. The van der Waals surface area contributed by atoms with Crippen LogP contribution in [0.4, 0.5) is 0 Å². The van der Waals surface area contributed by atoms with Gasteiger partial charge < -0.3 is 15.7 Å². The van der Waals surface area contributed by atoms with Crippen LogP contribution in [0.1, 0.15) is 39.5 Å². The number of aliphatic hydroxyl groups is 1. The van der Waals surface area contributed by atoms with Crippen molar-refractivity contribution in [2.24, 2.45) is 0 Å². The Bertz CT molecular complexity index is 215. The minimum absolute atomic E-state index is 0.00673. The fourth-order valence-corrected chi connectivity index (χ4v) is 1.60. The maximum absolute atomic E-state index is 11.3. The van der Waals surface area contributed by atoms with Gasteiger partial charge in [0, 0.05) is 12.6 Å². The van der Waals surface area contributed by atoms with E-state index in [1.165, 1.54) is 0 Å². The van der Waals surface area contributed by atoms with Gasteiger partial charge in [-0.1, -0.05) is 6.92 Å². The third kappa shape index (κ3) is 4.18. The second-order valence-corrected chi connectivity index (χ2v) is 4.56. The van der Waals surface area contributed by atoms with Crippen LogP contribution in [-0.2, 0) is 4.79 Å². The summed E-state index contributed by atoms with van der Waals surface area (Å²) in [6, 6.07) is 0.228. The van der Waals surface area contributed by atoms with Crippen LogP contribution in [-0.4, -0.2) is 35.7 Å². The zero-order valence-corrected chi connectivity index (χ0v) is 9.68. The lowest BCUT2D eigenvalue weighted by Gasteiger charge is -2.36. The van der Waals surface area contributed by atoms with Gasteiger partial charge in [-0.3, -0.25) is 4.79 Å². The largest absolute Gasteiger partial charge is 0.389 e. The molecule has 1 aliphatic rings. The number of hydrogen-bond acceptors (Lipinski definition) is 3. The van der Waals surface area contributed by atoms with Crippen molar-refractivity contribution in [1.82, 2.24) is 10.6 Å². The fourth-order valence-electron chi connectivity index (χ4n) is 1.60. The first-order chi connectivity index (χ1) is 7.06. The Morgan fingerprint density at radius 3 is 2.67 bits per heavy atom. The van der Waals surface area contributed by atoms with Gasteiger partial charge in [0.05, 0.1) is 12.1 Å². The molecule has 0 aromatic carbocycles. The van der Waals surface area contributed by atoms with Crippen molar-refractivity contribution in [2.75, 3.05) is 13.1 Å². The van der Waals surface area contributed by atoms with Gasteiger partial charge >= 0.3 is 0 Å². The third-order valence-electron chi connectivity index (χ3n) is 3.04. The SMILES string of the molecule is CCC(C)NC(=O)CNCC1(O)CCC1. The topological polar surface area (TPSA) is 61.4 Å². The molecular formula is C11H22N2O2. The van der Waals surface area contributed by atoms with E-state index in [9.17, 15) is 9.90 Å². The van der Waals surface area contributed by atoms with Gasteiger partial charge in [-0.15, -0.1) is 0 Å². The van der Waals surface area contributed by atoms with Crippen LogP contribution in [0.15, 0.2) is 0 Å². The Morgan fingerprint density at radius 1 is 1.53 bits per heavy atom. The van der Waals surface area contributed by atoms with Crippen LogP contribution in [0.2, 0.25) is 0 Å². The predicted octanol–water partition coefficient (Wildman–Crippen LogP) is 0.406. The van der Waals surface area contributed by atoms with E-state index >= 15 is 0 Å². The monoisotopic (exact) mass is 214 g/mol. The molecule has 1 atom stereocenters. The first kappa shape index (κ1) is 12.5. The van der Waals surface area contributed by atoms with Crippen molar-refractivity contribution in [3.63, 3.8) is 0 Å². The highest BCUT2D eigenvalue weighted by molar-refractivity contribution is 5.78. The molecule has 0 radical (unpaired) electrons. The second-order valence-electron chi connectivity index (χ2n) is 4.56. The Balaban J connectivity index is 2.06. The fraction of sp³-hybridized carbons (Fsp3) is 0.909. The minimum atomic E-state index is -0.545. The maximum atomic E-state index is 11.3. The van der Waals surface area contributed by atoms with Crippen molar-refractivity contribution in [3.05, 3.63) is 0 Å². The Kier molecular flexibility index (Phi) is 4.54. The Labute approximate surface area is 91.4 Å². The summed E-state index contributed by atoms with van der Waals surface area (Å²) >= 11 is 0. The van der Waals surface area contributed by atoms with E-state index in [0.717, 1.165) is 25.7 Å². The van der Waals surface area contributed by atoms with Gasteiger partial charge in [0.15, 0.2) is 0 Å². The van der Waals surface area contributed by atoms with Crippen molar-refractivity contribution in [1.29, 1.82) is 0 Å². The zero-order chi connectivity index (χ0) is 11.3. The van der Waals surface area contributed by atoms with Crippen LogP contribution in [0.5, 0.6) is 0 Å². The van der Waals surface area contributed by atoms with Gasteiger partial charge in [-0.05, 0) is 32.6 Å². The molecule has 1 fully saturated rings. The highest BCUT2D eigenvalue weighted by atomic mass is 16.3. The van der Waals surface area contributed by atoms with Crippen LogP contribution < -0.4 is 10.6 Å². The van der Waals surface area contributed by atoms with Crippen molar-refractivity contribution in [2.45, 2.75) is 51.2 Å². The van der Waals surface area contributed by atoms with Crippen LogP contribution in [0, 0.1) is 0 Å². The van der Waals surface area contributed by atoms with Crippen molar-refractivity contribution in [3.8, 4) is 0 Å². The standard InChI is InChI=1S/C11H22N2O2/c1-3-9(2)13-10(14)7-12-8-11(15)5-4-6-11/h9,12,15H,3-8H2,1-2H3,(H,13,14). The lowest BCUT2D eigenvalue weighted by atomic mass is 9.80. The molecule has 0 aromatic rings. The molecule has 0 aliphatic heterocycles. The molecule has 0 bridgehead atoms. The van der Waals surface area contributed by atoms with Gasteiger partial charge in [0.25, 0.3) is 0 Å². The summed E-state index contributed by atoms with van der Waals surface area (Å²) in [5, 5.41) is 15.6. The van der Waals surface area contributed by atoms with Gasteiger partial charge in [-0.25, -0.2) is 0 Å². The first-order valence-corrected chi connectivity index (χ1v) is 5.78. The highest BCUT2D eigenvalue weighted by Gasteiger charge is 2.33. The van der Waals surface area contributed by atoms with Crippen molar-refractivity contribution >= 4 is 5.91 Å². The zero-order valence-electron chi connectivity index (χ0n) is 9.68. The van der Waals surface area contributed by atoms with E-state index in [1.54, 1.807) is 0 Å². The summed E-state index contributed by atoms with van der Waals surface area (Å²) in [5.74, 6) is 0.00673. The Hall–Kier alpha value is -0.610. The lowest BCUT2D eigenvalue weighted by Crippen LogP contribution is -2.49. The summed E-state index contributed by atoms with van der Waals surface area (Å²) in [5.41, 5.74) is -0.545. The molecule has 1 rings (SSSR count). The summed E-state index contributed by atoms with van der Waals surface area (Å²) in [6.45, 7) is 4.85. The summed E-state index contributed by atoms with van der Waals surface area (Å²) in [6.07, 6.45) is 3.74. The van der Waals surface area contributed by atoms with E-state index < -0.39 is 5.60 Å². The molecule has 1 aliphatic carbocycles. The Morgan fingerprint density at radius 2 is 2.20 bits per heavy atom. The van der Waals surface area contributed by atoms with Gasteiger partial charge in [-0.2, -0.15) is 0 Å². The lowest BCUT2D eigenvalue weighted by molar-refractivity contribution is -0.121. The molecule has 4 heteroatoms. The summed E-state index contributed by atoms with van der Waals surface area (Å²) in [7, 11) is 0. The predicted molar refractivity (Wildman–Crippen MR) is 59.6 cm³/mol. The molecule has 15 heavy (non-hydrogen) atoms. The number of hydrogen-bond donors (Lipinski definition) is 3. The van der Waals surface area contributed by atoms with E-state index in [0.29, 0.717) is 13.1 Å². The number of carbonyl (C=O) groups is 1. The molecule has 1 saturated carbocycles. The van der Waals surface area contributed by atoms with Gasteiger partial charge in [0.1, 0.15) is 0 Å². The number of nitrogens with one attached hydrogen (secondary N) is 2. The molecule has 0 spiro atoms. The average Bonchev–Trinajstić information content (AvgIpc) is 2.15. The number of amides is 1. The van der Waals surface area contributed by atoms with Gasteiger partial charge in [0.2, 0.25) is 5.91 Å². The molecule has 4 nitrogen and oxygen atoms in total. The molecule has 88 valence electrons. The van der Waals surface area contributed by atoms with Crippen LogP contribution in [0.25, 0.3) is 0 Å². The molecular weight excluding hydrogens is 192 g/mol. The van der Waals surface area contributed by atoms with Crippen LogP contribution in [0.3, 0.4) is 0 Å². The van der Waals surface area contributed by atoms with E-state index in [4.69, 9.17) is 0 Å². The second kappa shape index (κ2) is 5.47. The average molecular weight is 214 g/mol. The molecule has 3 N–H and O–H groups in total. The number of rotatable bonds is 6. The van der Waals surface area contributed by atoms with Crippen LogP contribution >= 0.6 is 0 Å². The molecule has 0 saturated heterocycles. The summed E-state index contributed by atoms with van der Waals surface area (Å²) in [4.78, 5) is 11.3. The third-order valence-corrected chi connectivity index (χ3v) is 3.04. The van der Waals surface area contributed by atoms with Crippen molar-refractivity contribution < 1.29 is 9.90 Å². The highest BCUT2D eigenvalue weighted by Crippen LogP contribution is 2.30. The molecule has 1 unspecified atom stereocenters. The number of carbonyl (C=O) groups excluding carboxylic acids is 1. The molecule has 0 heterocycles. The molecule has 0 aromatic heterocycles. The molecule has 1 amide bonds. The van der Waals surface area contributed by atoms with E-state index in [2.05, 4.69) is 10.6 Å². The smallest absolute Gasteiger partial charge is 0.234 e. The first-order valence-electron chi connectivity index (χ1n) is 5.78. The van der Waals surface area contributed by atoms with E-state index in [-0.39, 0.29) is 11.9 Å². The normalized spacial score (nSPS) is 20.5.